The molecule has 1 saturated heterocycles. The fraction of sp³-hybridized carbons (Fsp3) is 0.500. The predicted octanol–water partition coefficient (Wildman–Crippen LogP) is 1.08. The molecule has 1 aliphatic heterocycles. The van der Waals surface area contributed by atoms with Gasteiger partial charge in [-0.25, -0.2) is 4.98 Å². The standard InChI is InChI=1S/C22H31N3O2/c1-17(2)21-8-7-20(14-18(21)3)27-16-19(26)15-24-10-12-25(13-11-24)22-6-4-5-9-23-22/h4-9,14,17,19,26H,10-13,15-16H2,1-3H3/p+2/t19-/m0/s1. The molecule has 0 aliphatic carbocycles. The number of benzene rings is 1. The molecule has 1 aromatic heterocycles. The van der Waals surface area contributed by atoms with Crippen molar-refractivity contribution in [3.63, 3.8) is 0 Å². The van der Waals surface area contributed by atoms with Crippen LogP contribution in [0.5, 0.6) is 5.75 Å². The van der Waals surface area contributed by atoms with E-state index in [9.17, 15) is 5.11 Å². The lowest BCUT2D eigenvalue weighted by molar-refractivity contribution is -0.903. The highest BCUT2D eigenvalue weighted by Gasteiger charge is 2.27. The number of H-pyrrole nitrogens is 1. The monoisotopic (exact) mass is 371 g/mol. The Bertz CT molecular complexity index is 713. The summed E-state index contributed by atoms with van der Waals surface area (Å²) in [6.45, 7) is 11.7. The number of aryl methyl sites for hydroxylation is 1. The van der Waals surface area contributed by atoms with Crippen LogP contribution in [0, 0.1) is 6.92 Å². The van der Waals surface area contributed by atoms with Gasteiger partial charge in [-0.15, -0.1) is 0 Å². The van der Waals surface area contributed by atoms with Gasteiger partial charge in [-0.05, 0) is 42.2 Å². The van der Waals surface area contributed by atoms with Gasteiger partial charge in [-0.1, -0.05) is 26.0 Å². The maximum absolute atomic E-state index is 10.4. The van der Waals surface area contributed by atoms with E-state index in [1.807, 2.05) is 18.3 Å². The van der Waals surface area contributed by atoms with Gasteiger partial charge in [-0.3, -0.25) is 4.90 Å². The van der Waals surface area contributed by atoms with E-state index in [0.717, 1.165) is 38.5 Å². The molecule has 2 heterocycles. The Kier molecular flexibility index (Phi) is 6.69. The number of piperazine rings is 1. The SMILES string of the molecule is Cc1cc(OC[C@@H](O)C[NH+]2CCN(c3cccc[nH+]3)CC2)ccc1C(C)C. The van der Waals surface area contributed by atoms with Crippen LogP contribution in [-0.2, 0) is 0 Å². The first-order valence-electron chi connectivity index (χ1n) is 9.99. The van der Waals surface area contributed by atoms with Gasteiger partial charge in [0.15, 0.2) is 0 Å². The van der Waals surface area contributed by atoms with Crippen molar-refractivity contribution in [2.45, 2.75) is 32.8 Å². The lowest BCUT2D eigenvalue weighted by atomic mass is 9.98. The molecule has 5 nitrogen and oxygen atoms in total. The van der Waals surface area contributed by atoms with E-state index in [2.05, 4.69) is 54.9 Å². The Morgan fingerprint density at radius 2 is 1.96 bits per heavy atom. The first-order valence-corrected chi connectivity index (χ1v) is 9.99. The zero-order valence-electron chi connectivity index (χ0n) is 16.7. The number of aromatic nitrogens is 1. The van der Waals surface area contributed by atoms with Crippen molar-refractivity contribution in [1.82, 2.24) is 0 Å². The molecule has 146 valence electrons. The van der Waals surface area contributed by atoms with E-state index in [1.165, 1.54) is 21.8 Å². The second-order valence-electron chi connectivity index (χ2n) is 7.83. The van der Waals surface area contributed by atoms with E-state index in [1.54, 1.807) is 0 Å². The summed E-state index contributed by atoms with van der Waals surface area (Å²) in [6, 6.07) is 12.4. The van der Waals surface area contributed by atoms with E-state index >= 15 is 0 Å². The molecule has 1 atom stereocenters. The molecule has 27 heavy (non-hydrogen) atoms. The zero-order valence-corrected chi connectivity index (χ0v) is 16.7. The summed E-state index contributed by atoms with van der Waals surface area (Å²) in [7, 11) is 0. The molecule has 1 aliphatic rings. The smallest absolute Gasteiger partial charge is 0.274 e. The number of ether oxygens (including phenoxy) is 1. The molecule has 1 aromatic carbocycles. The van der Waals surface area contributed by atoms with Crippen molar-refractivity contribution in [2.75, 3.05) is 44.2 Å². The fourth-order valence-electron chi connectivity index (χ4n) is 3.82. The van der Waals surface area contributed by atoms with Crippen LogP contribution in [0.4, 0.5) is 5.82 Å². The summed E-state index contributed by atoms with van der Waals surface area (Å²) in [6.07, 6.45) is 1.52. The number of quaternary nitrogens is 1. The molecule has 0 spiro atoms. The third-order valence-electron chi connectivity index (χ3n) is 5.33. The van der Waals surface area contributed by atoms with Crippen molar-refractivity contribution >= 4 is 5.82 Å². The average molecular weight is 372 g/mol. The van der Waals surface area contributed by atoms with Gasteiger partial charge in [0, 0.05) is 6.07 Å². The molecule has 1 fully saturated rings. The van der Waals surface area contributed by atoms with Gasteiger partial charge in [-0.2, -0.15) is 0 Å². The third-order valence-corrected chi connectivity index (χ3v) is 5.33. The molecule has 5 heteroatoms. The maximum atomic E-state index is 10.4. The third kappa shape index (κ3) is 5.44. The molecule has 0 bridgehead atoms. The molecule has 3 rings (SSSR count). The molecular formula is C22H33N3O2+2. The van der Waals surface area contributed by atoms with Crippen LogP contribution in [-0.4, -0.2) is 50.5 Å². The Morgan fingerprint density at radius 1 is 1.19 bits per heavy atom. The van der Waals surface area contributed by atoms with Crippen molar-refractivity contribution < 1.29 is 19.7 Å². The van der Waals surface area contributed by atoms with Gasteiger partial charge < -0.3 is 14.7 Å². The molecule has 0 saturated carbocycles. The number of pyridine rings is 1. The predicted molar refractivity (Wildman–Crippen MR) is 108 cm³/mol. The summed E-state index contributed by atoms with van der Waals surface area (Å²) in [4.78, 5) is 7.10. The van der Waals surface area contributed by atoms with Crippen molar-refractivity contribution in [3.05, 3.63) is 53.7 Å². The van der Waals surface area contributed by atoms with E-state index in [0.29, 0.717) is 12.5 Å². The summed E-state index contributed by atoms with van der Waals surface area (Å²) in [5.74, 6) is 2.52. The lowest BCUT2D eigenvalue weighted by Crippen LogP contribution is -3.16. The minimum Gasteiger partial charge on any atom is -0.491 e. The van der Waals surface area contributed by atoms with Gasteiger partial charge in [0.05, 0.1) is 6.20 Å². The number of aliphatic hydroxyl groups is 1. The number of anilines is 1. The molecule has 0 amide bonds. The van der Waals surface area contributed by atoms with Crippen LogP contribution < -0.4 is 19.5 Å². The molecular weight excluding hydrogens is 338 g/mol. The van der Waals surface area contributed by atoms with E-state index < -0.39 is 6.10 Å². The highest BCUT2D eigenvalue weighted by Crippen LogP contribution is 2.23. The Balaban J connectivity index is 1.42. The highest BCUT2D eigenvalue weighted by atomic mass is 16.5. The lowest BCUT2D eigenvalue weighted by Gasteiger charge is -2.29. The number of aliphatic hydroxyl groups excluding tert-OH is 1. The van der Waals surface area contributed by atoms with Crippen LogP contribution in [0.25, 0.3) is 0 Å². The summed E-state index contributed by atoms with van der Waals surface area (Å²) < 4.78 is 5.84. The molecule has 3 N–H and O–H groups in total. The first kappa shape index (κ1) is 19.6. The van der Waals surface area contributed by atoms with E-state index in [-0.39, 0.29) is 0 Å². The van der Waals surface area contributed by atoms with Crippen molar-refractivity contribution in [3.8, 4) is 5.75 Å². The minimum absolute atomic E-state index is 0.347. The number of hydrogen-bond acceptors (Lipinski definition) is 3. The number of nitrogens with zero attached hydrogens (tertiary/aromatic N) is 1. The fourth-order valence-corrected chi connectivity index (χ4v) is 3.82. The van der Waals surface area contributed by atoms with Gasteiger partial charge >= 0.3 is 0 Å². The Labute approximate surface area is 162 Å². The van der Waals surface area contributed by atoms with Crippen LogP contribution >= 0.6 is 0 Å². The van der Waals surface area contributed by atoms with Crippen LogP contribution in [0.3, 0.4) is 0 Å². The summed E-state index contributed by atoms with van der Waals surface area (Å²) in [5.41, 5.74) is 2.59. The van der Waals surface area contributed by atoms with E-state index in [4.69, 9.17) is 4.74 Å². The second kappa shape index (κ2) is 9.20. The minimum atomic E-state index is -0.445. The highest BCUT2D eigenvalue weighted by molar-refractivity contribution is 5.36. The van der Waals surface area contributed by atoms with Gasteiger partial charge in [0.2, 0.25) is 0 Å². The second-order valence-corrected chi connectivity index (χ2v) is 7.83. The maximum Gasteiger partial charge on any atom is 0.274 e. The van der Waals surface area contributed by atoms with Gasteiger partial charge in [0.25, 0.3) is 5.82 Å². The average Bonchev–Trinajstić information content (AvgIpc) is 2.67. The Morgan fingerprint density at radius 3 is 2.59 bits per heavy atom. The summed E-state index contributed by atoms with van der Waals surface area (Å²) in [5, 5.41) is 10.4. The van der Waals surface area contributed by atoms with Gasteiger partial charge in [0.1, 0.15) is 51.2 Å². The largest absolute Gasteiger partial charge is 0.491 e. The quantitative estimate of drug-likeness (QED) is 0.766. The zero-order chi connectivity index (χ0) is 19.2. The van der Waals surface area contributed by atoms with Crippen LogP contribution in [0.1, 0.15) is 30.9 Å². The topological polar surface area (TPSA) is 51.3 Å². The van der Waals surface area contributed by atoms with Crippen LogP contribution in [0.15, 0.2) is 42.6 Å². The molecule has 2 aromatic rings. The summed E-state index contributed by atoms with van der Waals surface area (Å²) >= 11 is 0. The number of nitrogens with one attached hydrogen (secondary N) is 2. The molecule has 0 unspecified atom stereocenters. The van der Waals surface area contributed by atoms with Crippen LogP contribution in [0.2, 0.25) is 0 Å². The Hall–Kier alpha value is -2.11. The number of aromatic amines is 1. The normalized spacial score (nSPS) is 16.6. The number of rotatable bonds is 7. The van der Waals surface area contributed by atoms with Crippen molar-refractivity contribution in [1.29, 1.82) is 0 Å². The molecule has 0 radical (unpaired) electrons. The number of hydrogen-bond donors (Lipinski definition) is 2. The van der Waals surface area contributed by atoms with Crippen molar-refractivity contribution in [2.24, 2.45) is 0 Å². The first-order chi connectivity index (χ1) is 13.0.